The number of halogens is 1. The van der Waals surface area contributed by atoms with E-state index in [4.69, 9.17) is 9.73 Å². The fourth-order valence-electron chi connectivity index (χ4n) is 3.15. The third-order valence-corrected chi connectivity index (χ3v) is 4.96. The smallest absolute Gasteiger partial charge is 0.191 e. The molecule has 1 aliphatic carbocycles. The minimum atomic E-state index is 0. The Morgan fingerprint density at radius 2 is 2.00 bits per heavy atom. The van der Waals surface area contributed by atoms with Crippen molar-refractivity contribution in [2.45, 2.75) is 38.8 Å². The van der Waals surface area contributed by atoms with E-state index in [1.54, 1.807) is 0 Å². The molecule has 0 amide bonds. The van der Waals surface area contributed by atoms with Crippen molar-refractivity contribution in [3.8, 4) is 0 Å². The molecule has 1 saturated heterocycles. The van der Waals surface area contributed by atoms with Gasteiger partial charge in [0.2, 0.25) is 0 Å². The van der Waals surface area contributed by atoms with Gasteiger partial charge in [0, 0.05) is 32.7 Å². The molecule has 8 nitrogen and oxygen atoms in total. The highest BCUT2D eigenvalue weighted by Gasteiger charge is 2.13. The first-order chi connectivity index (χ1) is 12.7. The molecule has 152 valence electrons. The van der Waals surface area contributed by atoms with Crippen LogP contribution in [0.4, 0.5) is 0 Å². The second kappa shape index (κ2) is 11.6. The molecule has 1 aromatic rings. The topological polar surface area (TPSA) is 79.6 Å². The lowest BCUT2D eigenvalue weighted by molar-refractivity contribution is 0.0376. The summed E-state index contributed by atoms with van der Waals surface area (Å²) in [4.78, 5) is 7.18. The van der Waals surface area contributed by atoms with Crippen molar-refractivity contribution in [1.29, 1.82) is 0 Å². The average Bonchev–Trinajstić information content (AvgIpc) is 3.28. The summed E-state index contributed by atoms with van der Waals surface area (Å²) >= 11 is 0. The van der Waals surface area contributed by atoms with E-state index in [0.29, 0.717) is 12.6 Å². The van der Waals surface area contributed by atoms with Crippen molar-refractivity contribution >= 4 is 29.9 Å². The minimum absolute atomic E-state index is 0. The number of nitrogens with zero attached hydrogens (tertiary/aromatic N) is 5. The van der Waals surface area contributed by atoms with Crippen LogP contribution >= 0.6 is 24.0 Å². The molecule has 3 rings (SSSR count). The predicted molar refractivity (Wildman–Crippen MR) is 117 cm³/mol. The molecule has 2 heterocycles. The molecule has 1 aromatic heterocycles. The van der Waals surface area contributed by atoms with Crippen molar-refractivity contribution in [3.05, 3.63) is 23.8 Å². The number of aryl methyl sites for hydroxylation is 1. The van der Waals surface area contributed by atoms with Crippen molar-refractivity contribution in [2.75, 3.05) is 39.4 Å². The van der Waals surface area contributed by atoms with Crippen molar-refractivity contribution in [1.82, 2.24) is 30.3 Å². The monoisotopic (exact) mass is 489 g/mol. The fraction of sp³-hybridized carbons (Fsp3) is 0.722. The lowest BCUT2D eigenvalue weighted by atomic mass is 10.2. The molecule has 0 spiro atoms. The summed E-state index contributed by atoms with van der Waals surface area (Å²) in [5.74, 6) is 2.64. The van der Waals surface area contributed by atoms with Gasteiger partial charge in [0.1, 0.15) is 12.4 Å². The van der Waals surface area contributed by atoms with E-state index in [1.807, 2.05) is 18.5 Å². The third-order valence-electron chi connectivity index (χ3n) is 4.96. The van der Waals surface area contributed by atoms with Crippen LogP contribution in [0.2, 0.25) is 0 Å². The summed E-state index contributed by atoms with van der Waals surface area (Å²) in [5.41, 5.74) is 0. The molecular weight excluding hydrogens is 457 g/mol. The van der Waals surface area contributed by atoms with E-state index in [-0.39, 0.29) is 24.0 Å². The molecular formula is C18H32IN7O. The molecule has 1 fully saturated rings. The Hall–Kier alpha value is -1.20. The molecule has 1 aliphatic heterocycles. The molecule has 2 aliphatic rings. The van der Waals surface area contributed by atoms with Crippen LogP contribution < -0.4 is 10.6 Å². The summed E-state index contributed by atoms with van der Waals surface area (Å²) < 4.78 is 7.38. The summed E-state index contributed by atoms with van der Waals surface area (Å²) in [5, 5.41) is 15.3. The van der Waals surface area contributed by atoms with E-state index in [1.165, 1.54) is 0 Å². The normalized spacial score (nSPS) is 18.5. The Balaban J connectivity index is 0.00000261. The van der Waals surface area contributed by atoms with Crippen LogP contribution in [-0.4, -0.2) is 71.1 Å². The minimum Gasteiger partial charge on any atom is -0.379 e. The van der Waals surface area contributed by atoms with Gasteiger partial charge in [0.25, 0.3) is 0 Å². The number of guanidine groups is 1. The average molecular weight is 489 g/mol. The van der Waals surface area contributed by atoms with Gasteiger partial charge in [-0.15, -0.1) is 34.2 Å². The maximum Gasteiger partial charge on any atom is 0.191 e. The van der Waals surface area contributed by atoms with Gasteiger partial charge in [-0.2, -0.15) is 0 Å². The Morgan fingerprint density at radius 1 is 1.26 bits per heavy atom. The maximum atomic E-state index is 5.40. The number of aliphatic imine (C=N–C) groups is 1. The van der Waals surface area contributed by atoms with E-state index < -0.39 is 0 Å². The summed E-state index contributed by atoms with van der Waals surface area (Å²) in [6.07, 6.45) is 7.64. The molecule has 0 unspecified atom stereocenters. The van der Waals surface area contributed by atoms with Crippen LogP contribution in [-0.2, 0) is 18.3 Å². The second-order valence-electron chi connectivity index (χ2n) is 6.91. The number of rotatable bonds is 7. The van der Waals surface area contributed by atoms with Crippen LogP contribution in [0.1, 0.15) is 30.9 Å². The predicted octanol–water partition coefficient (Wildman–Crippen LogP) is 1.22. The van der Waals surface area contributed by atoms with Gasteiger partial charge in [-0.25, -0.2) is 4.99 Å². The number of nitrogens with one attached hydrogen (secondary N) is 2. The van der Waals surface area contributed by atoms with Gasteiger partial charge in [-0.3, -0.25) is 4.90 Å². The molecule has 2 N–H and O–H groups in total. The molecule has 27 heavy (non-hydrogen) atoms. The Bertz CT molecular complexity index is 617. The van der Waals surface area contributed by atoms with E-state index in [0.717, 1.165) is 76.3 Å². The van der Waals surface area contributed by atoms with Crippen molar-refractivity contribution in [2.24, 2.45) is 12.0 Å². The Kier molecular flexibility index (Phi) is 9.49. The first kappa shape index (κ1) is 22.1. The number of morpholine rings is 1. The van der Waals surface area contributed by atoms with E-state index >= 15 is 0 Å². The third kappa shape index (κ3) is 7.04. The summed E-state index contributed by atoms with van der Waals surface area (Å²) in [6.45, 7) is 8.26. The first-order valence-electron chi connectivity index (χ1n) is 9.57. The summed E-state index contributed by atoms with van der Waals surface area (Å²) in [6, 6.07) is 0.432. The highest BCUT2D eigenvalue weighted by atomic mass is 127. The van der Waals surface area contributed by atoms with Gasteiger partial charge in [-0.05, 0) is 32.7 Å². The van der Waals surface area contributed by atoms with Crippen molar-refractivity contribution < 1.29 is 4.74 Å². The highest BCUT2D eigenvalue weighted by molar-refractivity contribution is 14.0. The van der Waals surface area contributed by atoms with Gasteiger partial charge in [-0.1, -0.05) is 12.2 Å². The molecule has 0 bridgehead atoms. The van der Waals surface area contributed by atoms with E-state index in [9.17, 15) is 0 Å². The van der Waals surface area contributed by atoms with Crippen molar-refractivity contribution in [3.63, 3.8) is 0 Å². The zero-order chi connectivity index (χ0) is 18.2. The van der Waals surface area contributed by atoms with Gasteiger partial charge in [0.05, 0.1) is 13.2 Å². The molecule has 0 atom stereocenters. The number of hydrogen-bond donors (Lipinski definition) is 2. The molecule has 0 radical (unpaired) electrons. The fourth-order valence-corrected chi connectivity index (χ4v) is 3.15. The van der Waals surface area contributed by atoms with Gasteiger partial charge < -0.3 is 19.9 Å². The van der Waals surface area contributed by atoms with Crippen LogP contribution in [0.3, 0.4) is 0 Å². The zero-order valence-electron chi connectivity index (χ0n) is 16.4. The quantitative estimate of drug-likeness (QED) is 0.197. The van der Waals surface area contributed by atoms with Gasteiger partial charge >= 0.3 is 0 Å². The molecule has 0 saturated carbocycles. The summed E-state index contributed by atoms with van der Waals surface area (Å²) in [7, 11) is 1.98. The standard InChI is InChI=1S/C18H31N7O.HI/c1-15-22-23-17(24(15)2)14-20-18(21-16-6-3-4-7-16)19-8-5-9-25-10-12-26-13-11-25;/h3-4,16H,5-14H2,1-2H3,(H2,19,20,21);1H. The first-order valence-corrected chi connectivity index (χ1v) is 9.57. The Labute approximate surface area is 178 Å². The largest absolute Gasteiger partial charge is 0.379 e. The Morgan fingerprint density at radius 3 is 2.67 bits per heavy atom. The van der Waals surface area contributed by atoms with Gasteiger partial charge in [0.15, 0.2) is 11.8 Å². The van der Waals surface area contributed by atoms with Crippen LogP contribution in [0, 0.1) is 6.92 Å². The SMILES string of the molecule is Cc1nnc(CN=C(NCCCN2CCOCC2)NC2CC=CC2)n1C.I. The lowest BCUT2D eigenvalue weighted by Gasteiger charge is -2.26. The number of aromatic nitrogens is 3. The highest BCUT2D eigenvalue weighted by Crippen LogP contribution is 2.09. The zero-order valence-corrected chi connectivity index (χ0v) is 18.7. The number of hydrogen-bond acceptors (Lipinski definition) is 5. The van der Waals surface area contributed by atoms with Crippen LogP contribution in [0.5, 0.6) is 0 Å². The lowest BCUT2D eigenvalue weighted by Crippen LogP contribution is -2.44. The molecule has 9 heteroatoms. The maximum absolute atomic E-state index is 5.40. The van der Waals surface area contributed by atoms with E-state index in [2.05, 4.69) is 37.9 Å². The van der Waals surface area contributed by atoms with Crippen LogP contribution in [0.25, 0.3) is 0 Å². The number of ether oxygens (including phenoxy) is 1. The second-order valence-corrected chi connectivity index (χ2v) is 6.91. The van der Waals surface area contributed by atoms with Crippen LogP contribution in [0.15, 0.2) is 17.1 Å². The molecule has 0 aromatic carbocycles.